The van der Waals surface area contributed by atoms with Crippen LogP contribution in [0.4, 0.5) is 5.69 Å². The van der Waals surface area contributed by atoms with Gasteiger partial charge in [-0.15, -0.1) is 11.3 Å². The number of rotatable bonds is 7. The van der Waals surface area contributed by atoms with Gasteiger partial charge in [0.15, 0.2) is 18.1 Å². The zero-order valence-corrected chi connectivity index (χ0v) is 17.2. The number of fused-ring (bicyclic) bond motifs is 1. The lowest BCUT2D eigenvalue weighted by molar-refractivity contribution is -0.119. The van der Waals surface area contributed by atoms with Gasteiger partial charge in [0.05, 0.1) is 14.2 Å². The summed E-state index contributed by atoms with van der Waals surface area (Å²) in [6, 6.07) is 6.96. The molecule has 1 aliphatic rings. The van der Waals surface area contributed by atoms with E-state index in [9.17, 15) is 9.59 Å². The maximum absolute atomic E-state index is 12.3. The van der Waals surface area contributed by atoms with Gasteiger partial charge in [0, 0.05) is 16.6 Å². The zero-order valence-electron chi connectivity index (χ0n) is 16.4. The first-order valence-electron chi connectivity index (χ1n) is 9.34. The molecule has 0 fully saturated rings. The third kappa shape index (κ3) is 4.65. The van der Waals surface area contributed by atoms with E-state index in [4.69, 9.17) is 14.2 Å². The van der Waals surface area contributed by atoms with E-state index in [2.05, 4.69) is 12.2 Å². The molecule has 0 unspecified atom stereocenters. The van der Waals surface area contributed by atoms with Gasteiger partial charge in [-0.05, 0) is 48.9 Å². The number of carbonyl (C=O) groups excluding carboxylic acids is 2. The standard InChI is InChI=1S/C21H25NO5S/c1-4-13-5-8-18-14(9-13)10-19(28-18)21(24)27-12-20(23)22-15-6-7-16(25-2)17(11-15)26-3/h6-7,10-11,13H,4-5,8-9,12H2,1-3H3,(H,22,23)/t13-/m0/s1. The molecular formula is C21H25NO5S. The summed E-state index contributed by atoms with van der Waals surface area (Å²) in [5, 5.41) is 2.69. The Morgan fingerprint density at radius 1 is 1.18 bits per heavy atom. The Morgan fingerprint density at radius 2 is 1.96 bits per heavy atom. The van der Waals surface area contributed by atoms with Crippen molar-refractivity contribution in [3.05, 3.63) is 39.6 Å². The number of esters is 1. The van der Waals surface area contributed by atoms with Gasteiger partial charge in [-0.25, -0.2) is 4.79 Å². The van der Waals surface area contributed by atoms with Gasteiger partial charge < -0.3 is 19.5 Å². The normalized spacial score (nSPS) is 15.5. The molecule has 1 heterocycles. The summed E-state index contributed by atoms with van der Waals surface area (Å²) < 4.78 is 15.6. The monoisotopic (exact) mass is 403 g/mol. The fourth-order valence-electron chi connectivity index (χ4n) is 3.36. The Labute approximate surface area is 168 Å². The molecule has 6 nitrogen and oxygen atoms in total. The number of methoxy groups -OCH3 is 2. The number of aryl methyl sites for hydroxylation is 1. The molecule has 2 aromatic rings. The molecule has 1 amide bonds. The van der Waals surface area contributed by atoms with Gasteiger partial charge in [0.25, 0.3) is 5.91 Å². The van der Waals surface area contributed by atoms with Gasteiger partial charge in [0.2, 0.25) is 0 Å². The molecule has 1 aliphatic carbocycles. The number of thiophene rings is 1. The van der Waals surface area contributed by atoms with E-state index in [1.807, 2.05) is 6.07 Å². The molecule has 28 heavy (non-hydrogen) atoms. The van der Waals surface area contributed by atoms with Crippen molar-refractivity contribution in [2.24, 2.45) is 5.92 Å². The maximum atomic E-state index is 12.3. The van der Waals surface area contributed by atoms with Crippen LogP contribution in [0.3, 0.4) is 0 Å². The van der Waals surface area contributed by atoms with Gasteiger partial charge in [-0.3, -0.25) is 4.79 Å². The van der Waals surface area contributed by atoms with E-state index in [0.29, 0.717) is 28.0 Å². The van der Waals surface area contributed by atoms with E-state index in [-0.39, 0.29) is 6.61 Å². The predicted octanol–water partition coefficient (Wildman–Crippen LogP) is 4.08. The van der Waals surface area contributed by atoms with E-state index in [1.54, 1.807) is 25.3 Å². The van der Waals surface area contributed by atoms with E-state index in [1.165, 1.54) is 35.3 Å². The van der Waals surface area contributed by atoms with Crippen LogP contribution in [-0.2, 0) is 22.4 Å². The number of hydrogen-bond donors (Lipinski definition) is 1. The highest BCUT2D eigenvalue weighted by molar-refractivity contribution is 7.14. The van der Waals surface area contributed by atoms with Crippen molar-refractivity contribution in [2.45, 2.75) is 32.6 Å². The summed E-state index contributed by atoms with van der Waals surface area (Å²) >= 11 is 1.48. The maximum Gasteiger partial charge on any atom is 0.348 e. The lowest BCUT2D eigenvalue weighted by Gasteiger charge is -2.19. The highest BCUT2D eigenvalue weighted by atomic mass is 32.1. The van der Waals surface area contributed by atoms with Crippen LogP contribution in [-0.4, -0.2) is 32.7 Å². The Bertz CT molecular complexity index is 860. The molecule has 1 atom stereocenters. The summed E-state index contributed by atoms with van der Waals surface area (Å²) in [5.74, 6) is 0.909. The second-order valence-electron chi connectivity index (χ2n) is 6.77. The van der Waals surface area contributed by atoms with Gasteiger partial charge >= 0.3 is 5.97 Å². The van der Waals surface area contributed by atoms with Crippen LogP contribution >= 0.6 is 11.3 Å². The van der Waals surface area contributed by atoms with Crippen LogP contribution in [0, 0.1) is 5.92 Å². The number of ether oxygens (including phenoxy) is 3. The number of benzene rings is 1. The second-order valence-corrected chi connectivity index (χ2v) is 7.91. The Morgan fingerprint density at radius 3 is 2.68 bits per heavy atom. The number of amides is 1. The van der Waals surface area contributed by atoms with Gasteiger partial charge in [-0.2, -0.15) is 0 Å². The number of hydrogen-bond acceptors (Lipinski definition) is 6. The number of nitrogens with one attached hydrogen (secondary N) is 1. The summed E-state index contributed by atoms with van der Waals surface area (Å²) in [6.07, 6.45) is 4.37. The number of carbonyl (C=O) groups is 2. The Hall–Kier alpha value is -2.54. The average molecular weight is 404 g/mol. The number of anilines is 1. The molecule has 150 valence electrons. The summed E-state index contributed by atoms with van der Waals surface area (Å²) in [4.78, 5) is 26.3. The van der Waals surface area contributed by atoms with E-state index < -0.39 is 11.9 Å². The average Bonchev–Trinajstić information content (AvgIpc) is 3.15. The second kappa shape index (κ2) is 9.10. The quantitative estimate of drug-likeness (QED) is 0.705. The first-order valence-corrected chi connectivity index (χ1v) is 10.2. The van der Waals surface area contributed by atoms with Crippen molar-refractivity contribution < 1.29 is 23.8 Å². The minimum Gasteiger partial charge on any atom is -0.493 e. The third-order valence-electron chi connectivity index (χ3n) is 4.97. The first kappa shape index (κ1) is 20.2. The highest BCUT2D eigenvalue weighted by Gasteiger charge is 2.23. The molecule has 1 aromatic carbocycles. The third-order valence-corrected chi connectivity index (χ3v) is 6.18. The largest absolute Gasteiger partial charge is 0.493 e. The molecule has 1 N–H and O–H groups in total. The molecule has 0 spiro atoms. The highest BCUT2D eigenvalue weighted by Crippen LogP contribution is 2.34. The molecule has 0 radical (unpaired) electrons. The minimum atomic E-state index is -0.449. The SMILES string of the molecule is CC[C@H]1CCc2sc(C(=O)OCC(=O)Nc3ccc(OC)c(OC)c3)cc2C1. The topological polar surface area (TPSA) is 73.9 Å². The smallest absolute Gasteiger partial charge is 0.348 e. The molecule has 3 rings (SSSR count). The van der Waals surface area contributed by atoms with Crippen molar-refractivity contribution in [3.8, 4) is 11.5 Å². The molecule has 0 saturated carbocycles. The van der Waals surface area contributed by atoms with Crippen LogP contribution in [0.5, 0.6) is 11.5 Å². The predicted molar refractivity (Wildman–Crippen MR) is 109 cm³/mol. The van der Waals surface area contributed by atoms with E-state index >= 15 is 0 Å². The first-order chi connectivity index (χ1) is 13.5. The van der Waals surface area contributed by atoms with E-state index in [0.717, 1.165) is 19.3 Å². The van der Waals surface area contributed by atoms with Crippen molar-refractivity contribution in [1.29, 1.82) is 0 Å². The van der Waals surface area contributed by atoms with Crippen LogP contribution in [0.15, 0.2) is 24.3 Å². The molecule has 1 aromatic heterocycles. The fourth-order valence-corrected chi connectivity index (χ4v) is 4.46. The van der Waals surface area contributed by atoms with Crippen molar-refractivity contribution >= 4 is 28.9 Å². The van der Waals surface area contributed by atoms with Crippen LogP contribution < -0.4 is 14.8 Å². The summed E-state index contributed by atoms with van der Waals surface area (Å²) in [6.45, 7) is 1.86. The zero-order chi connectivity index (χ0) is 20.1. The lowest BCUT2D eigenvalue weighted by atomic mass is 9.87. The van der Waals surface area contributed by atoms with Crippen LogP contribution in [0.25, 0.3) is 0 Å². The molecular weight excluding hydrogens is 378 g/mol. The Balaban J connectivity index is 1.55. The Kier molecular flexibility index (Phi) is 6.57. The fraction of sp³-hybridized carbons (Fsp3) is 0.429. The molecule has 7 heteroatoms. The lowest BCUT2D eigenvalue weighted by Crippen LogP contribution is -2.20. The van der Waals surface area contributed by atoms with Crippen LogP contribution in [0.1, 0.15) is 39.9 Å². The molecule has 0 aliphatic heterocycles. The molecule has 0 bridgehead atoms. The van der Waals surface area contributed by atoms with Crippen molar-refractivity contribution in [3.63, 3.8) is 0 Å². The minimum absolute atomic E-state index is 0.340. The van der Waals surface area contributed by atoms with Crippen molar-refractivity contribution in [2.75, 3.05) is 26.1 Å². The van der Waals surface area contributed by atoms with Gasteiger partial charge in [0.1, 0.15) is 4.88 Å². The summed E-state index contributed by atoms with van der Waals surface area (Å²) in [5.41, 5.74) is 1.79. The molecule has 0 saturated heterocycles. The van der Waals surface area contributed by atoms with Gasteiger partial charge in [-0.1, -0.05) is 13.3 Å². The van der Waals surface area contributed by atoms with Crippen molar-refractivity contribution in [1.82, 2.24) is 0 Å². The summed E-state index contributed by atoms with van der Waals surface area (Å²) in [7, 11) is 3.06. The van der Waals surface area contributed by atoms with Crippen LogP contribution in [0.2, 0.25) is 0 Å².